The normalized spacial score (nSPS) is 10.3. The van der Waals surface area contributed by atoms with Gasteiger partial charge in [-0.15, -0.1) is 0 Å². The van der Waals surface area contributed by atoms with Crippen molar-refractivity contribution in [2.45, 2.75) is 27.2 Å². The molecule has 0 amide bonds. The minimum atomic E-state index is -0.482. The van der Waals surface area contributed by atoms with Gasteiger partial charge in [0.2, 0.25) is 0 Å². The average Bonchev–Trinajstić information content (AvgIpc) is 2.97. The minimum absolute atomic E-state index is 0.0576. The molecule has 0 saturated heterocycles. The van der Waals surface area contributed by atoms with E-state index in [4.69, 9.17) is 23.7 Å². The van der Waals surface area contributed by atoms with Crippen molar-refractivity contribution in [3.05, 3.63) is 91.0 Å². The number of esters is 3. The molecule has 0 aliphatic rings. The molecule has 3 aromatic carbocycles. The molecule has 0 atom stereocenters. The van der Waals surface area contributed by atoms with E-state index in [9.17, 15) is 14.4 Å². The first-order chi connectivity index (χ1) is 19.7. The lowest BCUT2D eigenvalue weighted by molar-refractivity contribution is -0.140. The molecule has 0 unspecified atom stereocenters. The summed E-state index contributed by atoms with van der Waals surface area (Å²) in [4.78, 5) is 34.9. The zero-order valence-corrected chi connectivity index (χ0v) is 23.6. The van der Waals surface area contributed by atoms with Crippen LogP contribution in [0, 0.1) is 0 Å². The second-order valence-corrected chi connectivity index (χ2v) is 9.16. The second-order valence-electron chi connectivity index (χ2n) is 9.16. The van der Waals surface area contributed by atoms with Gasteiger partial charge >= 0.3 is 17.9 Å². The fraction of sp³-hybridized carbons (Fsp3) is 0.242. The van der Waals surface area contributed by atoms with E-state index in [2.05, 4.69) is 13.2 Å². The van der Waals surface area contributed by atoms with Gasteiger partial charge in [0.25, 0.3) is 0 Å². The molecular formula is C33H34O8. The van der Waals surface area contributed by atoms with Gasteiger partial charge in [0.15, 0.2) is 0 Å². The van der Waals surface area contributed by atoms with Crippen LogP contribution >= 0.6 is 0 Å². The van der Waals surface area contributed by atoms with E-state index >= 15 is 0 Å². The molecule has 0 heterocycles. The molecule has 0 bridgehead atoms. The summed E-state index contributed by atoms with van der Waals surface area (Å²) in [5, 5.41) is 0. The Balaban J connectivity index is 1.80. The highest BCUT2D eigenvalue weighted by Crippen LogP contribution is 2.33. The number of ether oxygens (including phenoxy) is 5. The minimum Gasteiger partial charge on any atom is -0.490 e. The Kier molecular flexibility index (Phi) is 11.3. The van der Waals surface area contributed by atoms with Gasteiger partial charge in [0, 0.05) is 23.6 Å². The van der Waals surface area contributed by atoms with Crippen LogP contribution in [0.15, 0.2) is 91.0 Å². The molecule has 0 radical (unpaired) electrons. The zero-order valence-electron chi connectivity index (χ0n) is 23.6. The molecule has 0 N–H and O–H groups in total. The fourth-order valence-corrected chi connectivity index (χ4v) is 3.54. The lowest BCUT2D eigenvalue weighted by Crippen LogP contribution is -2.13. The number of rotatable bonds is 14. The monoisotopic (exact) mass is 558 g/mol. The van der Waals surface area contributed by atoms with Crippen LogP contribution < -0.4 is 14.2 Å². The lowest BCUT2D eigenvalue weighted by Gasteiger charge is -2.14. The van der Waals surface area contributed by atoms with E-state index in [1.807, 2.05) is 48.5 Å². The van der Waals surface area contributed by atoms with Gasteiger partial charge in [-0.1, -0.05) is 50.4 Å². The molecule has 0 aliphatic carbocycles. The number of hydrogen-bond acceptors (Lipinski definition) is 8. The molecule has 3 rings (SSSR count). The second kappa shape index (κ2) is 15.1. The van der Waals surface area contributed by atoms with Crippen LogP contribution in [0.3, 0.4) is 0 Å². The third-order valence-electron chi connectivity index (χ3n) is 5.65. The van der Waals surface area contributed by atoms with Crippen molar-refractivity contribution in [2.24, 2.45) is 0 Å². The van der Waals surface area contributed by atoms with Gasteiger partial charge in [-0.3, -0.25) is 4.79 Å². The first-order valence-electron chi connectivity index (χ1n) is 13.1. The van der Waals surface area contributed by atoms with Crippen LogP contribution in [0.25, 0.3) is 22.3 Å². The van der Waals surface area contributed by atoms with Crippen molar-refractivity contribution in [1.82, 2.24) is 0 Å². The Labute approximate surface area is 240 Å². The van der Waals surface area contributed by atoms with Gasteiger partial charge in [-0.25, -0.2) is 9.59 Å². The molecule has 3 aromatic rings. The van der Waals surface area contributed by atoms with Crippen molar-refractivity contribution in [1.29, 1.82) is 0 Å². The number of benzene rings is 3. The molecule has 0 fully saturated rings. The molecule has 0 aliphatic heterocycles. The summed E-state index contributed by atoms with van der Waals surface area (Å²) in [6.07, 6.45) is 0.303. The zero-order chi connectivity index (χ0) is 29.8. The molecule has 8 heteroatoms. The van der Waals surface area contributed by atoms with Crippen LogP contribution in [-0.4, -0.2) is 44.3 Å². The van der Waals surface area contributed by atoms with Crippen molar-refractivity contribution in [3.8, 4) is 39.5 Å². The molecule has 8 nitrogen and oxygen atoms in total. The third kappa shape index (κ3) is 9.69. The van der Waals surface area contributed by atoms with Gasteiger partial charge in [0.05, 0.1) is 0 Å². The number of carbonyl (C=O) groups is 3. The van der Waals surface area contributed by atoms with E-state index in [0.717, 1.165) is 22.3 Å². The predicted octanol–water partition coefficient (Wildman–Crippen LogP) is 6.33. The number of carbonyl (C=O) groups excluding carboxylic acids is 3. The summed E-state index contributed by atoms with van der Waals surface area (Å²) in [5.74, 6) is 0.257. The Morgan fingerprint density at radius 2 is 1.12 bits per heavy atom. The van der Waals surface area contributed by atoms with Gasteiger partial charge in [0.1, 0.15) is 43.7 Å². The average molecular weight is 559 g/mol. The van der Waals surface area contributed by atoms with E-state index < -0.39 is 11.9 Å². The first kappa shape index (κ1) is 30.7. The fourth-order valence-electron chi connectivity index (χ4n) is 3.54. The van der Waals surface area contributed by atoms with Gasteiger partial charge in [-0.05, 0) is 66.4 Å². The maximum atomic E-state index is 11.7. The summed E-state index contributed by atoms with van der Waals surface area (Å²) in [6.45, 7) is 12.4. The van der Waals surface area contributed by atoms with Crippen LogP contribution in [0.1, 0.15) is 27.2 Å². The summed E-state index contributed by atoms with van der Waals surface area (Å²) < 4.78 is 27.2. The Morgan fingerprint density at radius 3 is 1.61 bits per heavy atom. The van der Waals surface area contributed by atoms with Crippen molar-refractivity contribution in [2.75, 3.05) is 26.4 Å². The smallest absolute Gasteiger partial charge is 0.333 e. The third-order valence-corrected chi connectivity index (χ3v) is 5.65. The van der Waals surface area contributed by atoms with Crippen LogP contribution in [0.4, 0.5) is 0 Å². The summed E-state index contributed by atoms with van der Waals surface area (Å²) >= 11 is 0. The van der Waals surface area contributed by atoms with E-state index in [0.29, 0.717) is 34.8 Å². The van der Waals surface area contributed by atoms with Crippen LogP contribution in [0.5, 0.6) is 17.2 Å². The lowest BCUT2D eigenvalue weighted by atomic mass is 9.98. The Morgan fingerprint density at radius 1 is 0.610 bits per heavy atom. The first-order valence-corrected chi connectivity index (χ1v) is 13.1. The van der Waals surface area contributed by atoms with Crippen molar-refractivity contribution in [3.63, 3.8) is 0 Å². The Bertz CT molecular complexity index is 1350. The molecule has 0 aromatic heterocycles. The highest BCUT2D eigenvalue weighted by molar-refractivity contribution is 5.87. The molecule has 214 valence electrons. The highest BCUT2D eigenvalue weighted by Gasteiger charge is 2.10. The van der Waals surface area contributed by atoms with Gasteiger partial charge in [-0.2, -0.15) is 0 Å². The number of hydrogen-bond donors (Lipinski definition) is 0. The Hall–Kier alpha value is -4.85. The quantitative estimate of drug-likeness (QED) is 0.0980. The highest BCUT2D eigenvalue weighted by atomic mass is 16.6. The van der Waals surface area contributed by atoms with E-state index in [1.54, 1.807) is 39.0 Å². The predicted molar refractivity (Wildman–Crippen MR) is 156 cm³/mol. The topological polar surface area (TPSA) is 97.4 Å². The van der Waals surface area contributed by atoms with Crippen molar-refractivity contribution >= 4 is 17.9 Å². The van der Waals surface area contributed by atoms with E-state index in [1.165, 1.54) is 0 Å². The summed E-state index contributed by atoms with van der Waals surface area (Å²) in [7, 11) is 0. The molecular weight excluding hydrogens is 524 g/mol. The maximum Gasteiger partial charge on any atom is 0.333 e. The van der Waals surface area contributed by atoms with Gasteiger partial charge < -0.3 is 23.7 Å². The van der Waals surface area contributed by atoms with Crippen molar-refractivity contribution < 1.29 is 38.1 Å². The largest absolute Gasteiger partial charge is 0.490 e. The molecule has 41 heavy (non-hydrogen) atoms. The van der Waals surface area contributed by atoms with Crippen LogP contribution in [-0.2, 0) is 23.9 Å². The SMILES string of the molecule is C=C(C)C(=O)OCCOc1cc(OCCOC(=O)C(=C)C)cc(-c2cccc(-c3ccc(OC(=O)CC)cc3)c2)c1. The molecule has 0 spiro atoms. The van der Waals surface area contributed by atoms with Crippen LogP contribution in [0.2, 0.25) is 0 Å². The summed E-state index contributed by atoms with van der Waals surface area (Å²) in [5.41, 5.74) is 4.26. The maximum absolute atomic E-state index is 11.7. The standard InChI is InChI=1S/C33H34O8/c1-6-31(34)41-28-12-10-24(11-13-28)25-8-7-9-26(18-25)27-19-29(37-14-16-39-32(35)22(2)3)21-30(20-27)38-15-17-40-33(36)23(4)5/h7-13,18-21H,2,4,6,14-17H2,1,3,5H3. The van der Waals surface area contributed by atoms with E-state index in [-0.39, 0.29) is 32.4 Å². The molecule has 0 saturated carbocycles. The summed E-state index contributed by atoms with van der Waals surface area (Å²) in [6, 6.07) is 20.7.